The van der Waals surface area contributed by atoms with Gasteiger partial charge in [-0.3, -0.25) is 0 Å². The summed E-state index contributed by atoms with van der Waals surface area (Å²) in [5, 5.41) is 9.46. The summed E-state index contributed by atoms with van der Waals surface area (Å²) in [6.45, 7) is 0.848. The molecular weight excluding hydrogens is 206 g/mol. The van der Waals surface area contributed by atoms with Gasteiger partial charge in [0.25, 0.3) is 0 Å². The molecule has 16 heavy (non-hydrogen) atoms. The molecule has 0 aromatic heterocycles. The Kier molecular flexibility index (Phi) is 2.09. The first kappa shape index (κ1) is 9.93. The van der Waals surface area contributed by atoms with Gasteiger partial charge in [0.05, 0.1) is 6.10 Å². The van der Waals surface area contributed by atoms with Crippen molar-refractivity contribution in [3.8, 4) is 11.5 Å². The van der Waals surface area contributed by atoms with Crippen LogP contribution in [-0.4, -0.2) is 24.5 Å². The van der Waals surface area contributed by atoms with Gasteiger partial charge in [0.15, 0.2) is 11.5 Å². The monoisotopic (exact) mass is 221 g/mol. The average molecular weight is 221 g/mol. The number of hydrogen-bond acceptors (Lipinski definition) is 4. The van der Waals surface area contributed by atoms with E-state index in [0.29, 0.717) is 6.54 Å². The van der Waals surface area contributed by atoms with Crippen molar-refractivity contribution in [2.75, 3.05) is 13.3 Å². The Labute approximate surface area is 94.0 Å². The van der Waals surface area contributed by atoms with Crippen molar-refractivity contribution in [1.82, 2.24) is 0 Å². The molecule has 1 aromatic rings. The van der Waals surface area contributed by atoms with Crippen molar-refractivity contribution < 1.29 is 14.6 Å². The molecule has 1 saturated carbocycles. The second kappa shape index (κ2) is 3.37. The summed E-state index contributed by atoms with van der Waals surface area (Å²) in [5.74, 6) is 1.57. The van der Waals surface area contributed by atoms with E-state index in [1.807, 2.05) is 18.2 Å². The van der Waals surface area contributed by atoms with Crippen molar-refractivity contribution in [2.24, 2.45) is 5.73 Å². The largest absolute Gasteiger partial charge is 0.454 e. The fourth-order valence-corrected chi connectivity index (χ4v) is 2.59. The zero-order valence-corrected chi connectivity index (χ0v) is 8.98. The summed E-state index contributed by atoms with van der Waals surface area (Å²) >= 11 is 0. The summed E-state index contributed by atoms with van der Waals surface area (Å²) in [5.41, 5.74) is 6.90. The highest BCUT2D eigenvalue weighted by molar-refractivity contribution is 5.47. The zero-order chi connectivity index (χ0) is 11.2. The van der Waals surface area contributed by atoms with E-state index in [2.05, 4.69) is 0 Å². The second-order valence-electron chi connectivity index (χ2n) is 4.61. The third-order valence-electron chi connectivity index (χ3n) is 3.63. The van der Waals surface area contributed by atoms with Crippen LogP contribution >= 0.6 is 0 Å². The fourth-order valence-electron chi connectivity index (χ4n) is 2.59. The molecule has 1 fully saturated rings. The maximum atomic E-state index is 9.46. The quantitative estimate of drug-likeness (QED) is 0.774. The van der Waals surface area contributed by atoms with Gasteiger partial charge >= 0.3 is 0 Å². The van der Waals surface area contributed by atoms with Gasteiger partial charge in [-0.1, -0.05) is 6.07 Å². The first-order valence-corrected chi connectivity index (χ1v) is 5.52. The standard InChI is InChI=1S/C12H15NO3/c13-6-12(4-9(14)5-12)8-1-2-10-11(3-8)16-7-15-10/h1-3,9,14H,4-7,13H2. The van der Waals surface area contributed by atoms with Crippen molar-refractivity contribution in [3.63, 3.8) is 0 Å². The average Bonchev–Trinajstić information content (AvgIpc) is 2.71. The SMILES string of the molecule is NCC1(c2ccc3c(c2)OCO3)CC(O)C1. The number of aliphatic hydroxyl groups excluding tert-OH is 1. The highest BCUT2D eigenvalue weighted by atomic mass is 16.7. The summed E-state index contributed by atoms with van der Waals surface area (Å²) in [7, 11) is 0. The predicted molar refractivity (Wildman–Crippen MR) is 58.5 cm³/mol. The van der Waals surface area contributed by atoms with Crippen molar-refractivity contribution in [3.05, 3.63) is 23.8 Å². The molecule has 0 atom stereocenters. The molecule has 0 radical (unpaired) electrons. The number of fused-ring (bicyclic) bond motifs is 1. The first-order chi connectivity index (χ1) is 7.73. The van der Waals surface area contributed by atoms with Crippen LogP contribution in [0.15, 0.2) is 18.2 Å². The minimum Gasteiger partial charge on any atom is -0.454 e. The number of hydrogen-bond donors (Lipinski definition) is 2. The summed E-state index contributed by atoms with van der Waals surface area (Å²) in [6, 6.07) is 5.92. The summed E-state index contributed by atoms with van der Waals surface area (Å²) in [4.78, 5) is 0. The van der Waals surface area contributed by atoms with Crippen LogP contribution in [0.4, 0.5) is 0 Å². The van der Waals surface area contributed by atoms with E-state index >= 15 is 0 Å². The lowest BCUT2D eigenvalue weighted by Gasteiger charge is -2.45. The number of rotatable bonds is 2. The van der Waals surface area contributed by atoms with Crippen LogP contribution in [0, 0.1) is 0 Å². The molecule has 4 heteroatoms. The van der Waals surface area contributed by atoms with Crippen molar-refractivity contribution in [2.45, 2.75) is 24.4 Å². The van der Waals surface area contributed by atoms with Gasteiger partial charge in [-0.15, -0.1) is 0 Å². The smallest absolute Gasteiger partial charge is 0.231 e. The first-order valence-electron chi connectivity index (χ1n) is 5.52. The fraction of sp³-hybridized carbons (Fsp3) is 0.500. The zero-order valence-electron chi connectivity index (χ0n) is 8.98. The summed E-state index contributed by atoms with van der Waals surface area (Å²) < 4.78 is 10.6. The third-order valence-corrected chi connectivity index (χ3v) is 3.63. The van der Waals surface area contributed by atoms with Gasteiger partial charge in [-0.05, 0) is 30.5 Å². The normalized spacial score (nSPS) is 31.2. The van der Waals surface area contributed by atoms with Crippen LogP contribution in [0.5, 0.6) is 11.5 Å². The highest BCUT2D eigenvalue weighted by Crippen LogP contribution is 2.45. The Morgan fingerprint density at radius 1 is 1.31 bits per heavy atom. The van der Waals surface area contributed by atoms with Gasteiger partial charge in [-0.2, -0.15) is 0 Å². The molecule has 4 nitrogen and oxygen atoms in total. The van der Waals surface area contributed by atoms with Gasteiger partial charge in [-0.25, -0.2) is 0 Å². The summed E-state index contributed by atoms with van der Waals surface area (Å²) in [6.07, 6.45) is 1.26. The molecule has 0 unspecified atom stereocenters. The van der Waals surface area contributed by atoms with Crippen LogP contribution in [-0.2, 0) is 5.41 Å². The van der Waals surface area contributed by atoms with E-state index in [1.165, 1.54) is 0 Å². The maximum absolute atomic E-state index is 9.46. The van der Waals surface area contributed by atoms with E-state index < -0.39 is 0 Å². The lowest BCUT2D eigenvalue weighted by atomic mass is 9.63. The topological polar surface area (TPSA) is 64.7 Å². The molecule has 1 aromatic carbocycles. The van der Waals surface area contributed by atoms with Crippen LogP contribution < -0.4 is 15.2 Å². The molecule has 1 aliphatic heterocycles. The van der Waals surface area contributed by atoms with Gasteiger partial charge in [0.1, 0.15) is 0 Å². The second-order valence-corrected chi connectivity index (χ2v) is 4.61. The molecule has 1 heterocycles. The number of nitrogens with two attached hydrogens (primary N) is 1. The molecule has 3 rings (SSSR count). The van der Waals surface area contributed by atoms with Gasteiger partial charge in [0, 0.05) is 12.0 Å². The van der Waals surface area contributed by atoms with E-state index in [0.717, 1.165) is 29.9 Å². The molecule has 0 spiro atoms. The van der Waals surface area contributed by atoms with Crippen molar-refractivity contribution >= 4 is 0 Å². The van der Waals surface area contributed by atoms with Crippen LogP contribution in [0.1, 0.15) is 18.4 Å². The minimum absolute atomic E-state index is 0.0691. The molecule has 3 N–H and O–H groups in total. The lowest BCUT2D eigenvalue weighted by Crippen LogP contribution is -2.49. The molecule has 0 amide bonds. The number of aliphatic hydroxyl groups is 1. The Hall–Kier alpha value is -1.26. The molecule has 2 aliphatic rings. The van der Waals surface area contributed by atoms with E-state index in [9.17, 15) is 5.11 Å². The van der Waals surface area contributed by atoms with Gasteiger partial charge in [0.2, 0.25) is 6.79 Å². The molecule has 1 aliphatic carbocycles. The van der Waals surface area contributed by atoms with E-state index in [4.69, 9.17) is 15.2 Å². The van der Waals surface area contributed by atoms with Crippen LogP contribution in [0.25, 0.3) is 0 Å². The third kappa shape index (κ3) is 1.30. The van der Waals surface area contributed by atoms with E-state index in [1.54, 1.807) is 0 Å². The van der Waals surface area contributed by atoms with Gasteiger partial charge < -0.3 is 20.3 Å². The molecule has 86 valence electrons. The predicted octanol–water partition coefficient (Wildman–Crippen LogP) is 0.766. The Morgan fingerprint density at radius 2 is 2.06 bits per heavy atom. The maximum Gasteiger partial charge on any atom is 0.231 e. The molecular formula is C12H15NO3. The van der Waals surface area contributed by atoms with Crippen molar-refractivity contribution in [1.29, 1.82) is 0 Å². The Balaban J connectivity index is 1.94. The molecule has 0 saturated heterocycles. The minimum atomic E-state index is -0.214. The highest BCUT2D eigenvalue weighted by Gasteiger charge is 2.44. The Morgan fingerprint density at radius 3 is 2.75 bits per heavy atom. The lowest BCUT2D eigenvalue weighted by molar-refractivity contribution is 0.0221. The number of ether oxygens (including phenoxy) is 2. The van der Waals surface area contributed by atoms with E-state index in [-0.39, 0.29) is 18.3 Å². The van der Waals surface area contributed by atoms with Crippen LogP contribution in [0.2, 0.25) is 0 Å². The van der Waals surface area contributed by atoms with Crippen LogP contribution in [0.3, 0.4) is 0 Å². The number of benzene rings is 1. The Bertz CT molecular complexity index is 413. The molecule has 0 bridgehead atoms.